The number of fused-ring (bicyclic) bond motifs is 1. The normalized spacial score (nSPS) is 17.1. The lowest BCUT2D eigenvalue weighted by Crippen LogP contribution is -2.40. The molecule has 0 aromatic carbocycles. The van der Waals surface area contributed by atoms with Crippen molar-refractivity contribution in [3.63, 3.8) is 0 Å². The average Bonchev–Trinajstić information content (AvgIpc) is 3.45. The summed E-state index contributed by atoms with van der Waals surface area (Å²) in [4.78, 5) is 18.0. The van der Waals surface area contributed by atoms with Crippen molar-refractivity contribution in [3.05, 3.63) is 54.6 Å². The van der Waals surface area contributed by atoms with Crippen LogP contribution >= 0.6 is 0 Å². The van der Waals surface area contributed by atoms with Crippen molar-refractivity contribution in [1.29, 1.82) is 5.26 Å². The van der Waals surface area contributed by atoms with E-state index in [0.29, 0.717) is 65.4 Å². The molecular weight excluding hydrogens is 558 g/mol. The SMILES string of the molecule is COc1ccc(N=S2(=O)CCN(c3ccc(-c4nc(OCCN5CCOCC5)cn5ncc(C#N)c45)cn3)CC2)cn1. The van der Waals surface area contributed by atoms with E-state index in [0.717, 1.165) is 44.2 Å². The number of nitrogens with zero attached hydrogens (tertiary/aromatic N) is 9. The molecule has 2 saturated heterocycles. The van der Waals surface area contributed by atoms with Gasteiger partial charge < -0.3 is 19.1 Å². The summed E-state index contributed by atoms with van der Waals surface area (Å²) in [5.74, 6) is 2.54. The van der Waals surface area contributed by atoms with Gasteiger partial charge in [0.1, 0.15) is 35.3 Å². The topological polar surface area (TPSA) is 143 Å². The minimum absolute atomic E-state index is 0.419. The van der Waals surface area contributed by atoms with E-state index in [1.54, 1.807) is 42.3 Å². The number of ether oxygens (including phenoxy) is 3. The highest BCUT2D eigenvalue weighted by Crippen LogP contribution is 2.29. The Hall–Kier alpha value is -4.32. The molecule has 0 saturated carbocycles. The van der Waals surface area contributed by atoms with Crippen molar-refractivity contribution < 1.29 is 18.4 Å². The molecule has 218 valence electrons. The molecule has 0 aliphatic carbocycles. The average molecular weight is 590 g/mol. The van der Waals surface area contributed by atoms with Crippen molar-refractivity contribution in [2.24, 2.45) is 4.36 Å². The van der Waals surface area contributed by atoms with Crippen molar-refractivity contribution in [2.75, 3.05) is 76.1 Å². The largest absolute Gasteiger partial charge is 0.481 e. The standard InChI is InChI=1S/C28H31N9O4S/c1-39-25-5-3-23(19-31-25)34-42(38)14-9-36(10-15-42)24-4-2-21(17-30-24)27-28-22(16-29)18-32-37(28)20-26(33-27)41-13-8-35-6-11-40-12-7-35/h2-5,17-20H,6-15H2,1H3. The smallest absolute Gasteiger partial charge is 0.233 e. The van der Waals surface area contributed by atoms with Crippen molar-refractivity contribution in [1.82, 2.24) is 29.5 Å². The molecule has 6 heterocycles. The lowest BCUT2D eigenvalue weighted by Gasteiger charge is -2.29. The van der Waals surface area contributed by atoms with Gasteiger partial charge in [-0.05, 0) is 18.2 Å². The number of morpholine rings is 1. The summed E-state index contributed by atoms with van der Waals surface area (Å²) in [5, 5.41) is 14.0. The first-order valence-corrected chi connectivity index (χ1v) is 15.5. The van der Waals surface area contributed by atoms with Crippen LogP contribution in [0, 0.1) is 11.3 Å². The summed E-state index contributed by atoms with van der Waals surface area (Å²) in [6.45, 7) is 5.59. The Balaban J connectivity index is 1.17. The molecule has 6 rings (SSSR count). The molecule has 0 N–H and O–H groups in total. The monoisotopic (exact) mass is 589 g/mol. The third-order valence-electron chi connectivity index (χ3n) is 7.26. The molecule has 42 heavy (non-hydrogen) atoms. The molecule has 0 bridgehead atoms. The van der Waals surface area contributed by atoms with Crippen molar-refractivity contribution in [2.45, 2.75) is 0 Å². The Morgan fingerprint density at radius 2 is 1.88 bits per heavy atom. The molecule has 2 fully saturated rings. The number of rotatable bonds is 8. The van der Waals surface area contributed by atoms with Gasteiger partial charge in [0.25, 0.3) is 0 Å². The molecule has 0 atom stereocenters. The highest BCUT2D eigenvalue weighted by atomic mass is 32.2. The summed E-state index contributed by atoms with van der Waals surface area (Å²) in [7, 11) is -0.849. The second kappa shape index (κ2) is 12.3. The minimum Gasteiger partial charge on any atom is -0.481 e. The first kappa shape index (κ1) is 27.8. The van der Waals surface area contributed by atoms with E-state index in [1.165, 1.54) is 6.20 Å². The number of aromatic nitrogens is 5. The molecule has 14 heteroatoms. The predicted molar refractivity (Wildman–Crippen MR) is 157 cm³/mol. The number of methoxy groups -OCH3 is 1. The van der Waals surface area contributed by atoms with Crippen molar-refractivity contribution in [3.8, 4) is 29.1 Å². The van der Waals surface area contributed by atoms with E-state index in [4.69, 9.17) is 24.2 Å². The van der Waals surface area contributed by atoms with Crippen LogP contribution < -0.4 is 14.4 Å². The molecule has 0 unspecified atom stereocenters. The zero-order valence-corrected chi connectivity index (χ0v) is 24.1. The Kier molecular flexibility index (Phi) is 8.13. The van der Waals surface area contributed by atoms with Gasteiger partial charge in [0.05, 0.1) is 54.3 Å². The molecule has 0 radical (unpaired) electrons. The van der Waals surface area contributed by atoms with Crippen LogP contribution in [0.2, 0.25) is 0 Å². The molecule has 4 aromatic heterocycles. The summed E-state index contributed by atoms with van der Waals surface area (Å²) in [6, 6.07) is 9.52. The second-order valence-corrected chi connectivity index (χ2v) is 12.5. The third-order valence-corrected chi connectivity index (χ3v) is 9.45. The Morgan fingerprint density at radius 1 is 1.05 bits per heavy atom. The van der Waals surface area contributed by atoms with Gasteiger partial charge in [-0.1, -0.05) is 0 Å². The predicted octanol–water partition coefficient (Wildman–Crippen LogP) is 2.40. The second-order valence-electron chi connectivity index (χ2n) is 9.92. The molecule has 13 nitrogen and oxygen atoms in total. The number of anilines is 1. The maximum absolute atomic E-state index is 13.4. The molecule has 0 spiro atoms. The summed E-state index contributed by atoms with van der Waals surface area (Å²) >= 11 is 0. The van der Waals surface area contributed by atoms with E-state index >= 15 is 0 Å². The van der Waals surface area contributed by atoms with Crippen LogP contribution in [0.5, 0.6) is 11.8 Å². The van der Waals surface area contributed by atoms with Gasteiger partial charge in [0.15, 0.2) is 0 Å². The number of hydrogen-bond acceptors (Lipinski definition) is 12. The zero-order valence-electron chi connectivity index (χ0n) is 23.3. The number of hydrogen-bond donors (Lipinski definition) is 0. The van der Waals surface area contributed by atoms with Crippen LogP contribution in [-0.2, 0) is 14.5 Å². The molecular formula is C28H31N9O4S. The Morgan fingerprint density at radius 3 is 2.57 bits per heavy atom. The molecule has 0 amide bonds. The van der Waals surface area contributed by atoms with Crippen LogP contribution in [0.15, 0.2) is 53.4 Å². The maximum atomic E-state index is 13.4. The molecule has 2 aliphatic rings. The first-order valence-electron chi connectivity index (χ1n) is 13.7. The maximum Gasteiger partial charge on any atom is 0.233 e. The van der Waals surface area contributed by atoms with E-state index < -0.39 is 9.73 Å². The van der Waals surface area contributed by atoms with Crippen LogP contribution in [0.1, 0.15) is 5.56 Å². The van der Waals surface area contributed by atoms with Gasteiger partial charge in [-0.3, -0.25) is 4.90 Å². The van der Waals surface area contributed by atoms with E-state index in [1.807, 2.05) is 12.1 Å². The zero-order chi connectivity index (χ0) is 28.9. The summed E-state index contributed by atoms with van der Waals surface area (Å²) in [5.41, 5.74) is 2.91. The van der Waals surface area contributed by atoms with Gasteiger partial charge in [-0.25, -0.2) is 23.7 Å². The molecule has 2 aliphatic heterocycles. The fourth-order valence-electron chi connectivity index (χ4n) is 4.94. The van der Waals surface area contributed by atoms with Crippen molar-refractivity contribution >= 4 is 26.8 Å². The highest BCUT2D eigenvalue weighted by Gasteiger charge is 2.23. The molecule has 4 aromatic rings. The van der Waals surface area contributed by atoms with Gasteiger partial charge in [0, 0.05) is 62.1 Å². The minimum atomic E-state index is -2.40. The third kappa shape index (κ3) is 6.13. The van der Waals surface area contributed by atoms with Gasteiger partial charge >= 0.3 is 0 Å². The quantitative estimate of drug-likeness (QED) is 0.299. The van der Waals surface area contributed by atoms with Gasteiger partial charge in [-0.2, -0.15) is 14.7 Å². The van der Waals surface area contributed by atoms with Gasteiger partial charge in [-0.15, -0.1) is 0 Å². The fourth-order valence-corrected chi connectivity index (χ4v) is 6.83. The van der Waals surface area contributed by atoms with Crippen LogP contribution in [-0.4, -0.2) is 105 Å². The fraction of sp³-hybridized carbons (Fsp3) is 0.393. The summed E-state index contributed by atoms with van der Waals surface area (Å²) < 4.78 is 36.0. The van der Waals surface area contributed by atoms with Gasteiger partial charge in [0.2, 0.25) is 11.8 Å². The highest BCUT2D eigenvalue weighted by molar-refractivity contribution is 7.93. The van der Waals surface area contributed by atoms with Crippen LogP contribution in [0.4, 0.5) is 11.5 Å². The van der Waals surface area contributed by atoms with E-state index in [-0.39, 0.29) is 0 Å². The van der Waals surface area contributed by atoms with Crippen LogP contribution in [0.25, 0.3) is 16.8 Å². The van der Waals surface area contributed by atoms with E-state index in [2.05, 4.69) is 30.3 Å². The van der Waals surface area contributed by atoms with E-state index in [9.17, 15) is 9.47 Å². The lowest BCUT2D eigenvalue weighted by atomic mass is 10.1. The lowest BCUT2D eigenvalue weighted by molar-refractivity contribution is 0.0320. The number of pyridine rings is 2. The Labute approximate surface area is 243 Å². The number of nitriles is 1. The Bertz CT molecular complexity index is 1690. The first-order chi connectivity index (χ1) is 20.5. The van der Waals surface area contributed by atoms with Crippen LogP contribution in [0.3, 0.4) is 0 Å². The summed E-state index contributed by atoms with van der Waals surface area (Å²) in [6.07, 6.45) is 6.53.